The molecule has 0 saturated carbocycles. The summed E-state index contributed by atoms with van der Waals surface area (Å²) in [6.45, 7) is 1.89. The molecule has 1 heterocycles. The predicted octanol–water partition coefficient (Wildman–Crippen LogP) is 1.92. The first kappa shape index (κ1) is 12.3. The van der Waals surface area contributed by atoms with Crippen LogP contribution in [0.15, 0.2) is 22.6 Å². The minimum Gasteiger partial charge on any atom is -0.424 e. The SMILES string of the molecule is CCC(CO)Nc1nc2cc([N+](=O)[O-])ccc2o1. The van der Waals surface area contributed by atoms with Gasteiger partial charge in [-0.05, 0) is 12.5 Å². The first-order valence-electron chi connectivity index (χ1n) is 5.56. The number of nitrogens with zero attached hydrogens (tertiary/aromatic N) is 2. The molecule has 7 nitrogen and oxygen atoms in total. The standard InChI is InChI=1S/C11H13N3O4/c1-2-7(6-15)12-11-13-9-5-8(14(16)17)3-4-10(9)18-11/h3-5,7,15H,2,6H2,1H3,(H,12,13). The van der Waals surface area contributed by atoms with Crippen molar-refractivity contribution >= 4 is 22.8 Å². The number of nitro benzene ring substituents is 1. The Labute approximate surface area is 103 Å². The molecule has 1 aromatic carbocycles. The molecule has 0 bridgehead atoms. The lowest BCUT2D eigenvalue weighted by Crippen LogP contribution is -2.22. The van der Waals surface area contributed by atoms with Gasteiger partial charge in [0.2, 0.25) is 0 Å². The molecular formula is C11H13N3O4. The van der Waals surface area contributed by atoms with E-state index < -0.39 is 4.92 Å². The zero-order valence-corrected chi connectivity index (χ0v) is 9.79. The van der Waals surface area contributed by atoms with Crippen LogP contribution in [0.3, 0.4) is 0 Å². The van der Waals surface area contributed by atoms with E-state index in [0.29, 0.717) is 11.1 Å². The van der Waals surface area contributed by atoms with E-state index in [1.165, 1.54) is 18.2 Å². The van der Waals surface area contributed by atoms with E-state index in [-0.39, 0.29) is 24.4 Å². The fourth-order valence-corrected chi connectivity index (χ4v) is 1.54. The summed E-state index contributed by atoms with van der Waals surface area (Å²) in [6, 6.07) is 4.33. The van der Waals surface area contributed by atoms with Crippen LogP contribution in [-0.2, 0) is 0 Å². The Morgan fingerprint density at radius 3 is 3.00 bits per heavy atom. The number of nitro groups is 1. The van der Waals surface area contributed by atoms with Crippen LogP contribution < -0.4 is 5.32 Å². The first-order valence-corrected chi connectivity index (χ1v) is 5.56. The molecule has 2 aromatic rings. The molecule has 1 unspecified atom stereocenters. The molecule has 0 fully saturated rings. The van der Waals surface area contributed by atoms with Crippen molar-refractivity contribution in [2.45, 2.75) is 19.4 Å². The highest BCUT2D eigenvalue weighted by molar-refractivity contribution is 5.77. The molecular weight excluding hydrogens is 238 g/mol. The van der Waals surface area contributed by atoms with Gasteiger partial charge in [0.15, 0.2) is 5.58 Å². The molecule has 7 heteroatoms. The molecule has 1 aromatic heterocycles. The molecule has 1 atom stereocenters. The fourth-order valence-electron chi connectivity index (χ4n) is 1.54. The third-order valence-corrected chi connectivity index (χ3v) is 2.62. The van der Waals surface area contributed by atoms with Crippen molar-refractivity contribution in [3.63, 3.8) is 0 Å². The lowest BCUT2D eigenvalue weighted by atomic mass is 10.2. The summed E-state index contributed by atoms with van der Waals surface area (Å²) in [5.41, 5.74) is 0.854. The smallest absolute Gasteiger partial charge is 0.295 e. The second-order valence-electron chi connectivity index (χ2n) is 3.86. The van der Waals surface area contributed by atoms with Crippen LogP contribution in [0, 0.1) is 10.1 Å². The number of aromatic nitrogens is 1. The third kappa shape index (κ3) is 2.40. The Kier molecular flexibility index (Phi) is 3.42. The van der Waals surface area contributed by atoms with Gasteiger partial charge in [0.25, 0.3) is 11.7 Å². The van der Waals surface area contributed by atoms with E-state index in [1.54, 1.807) is 0 Å². The Morgan fingerprint density at radius 1 is 1.61 bits per heavy atom. The van der Waals surface area contributed by atoms with E-state index in [9.17, 15) is 10.1 Å². The van der Waals surface area contributed by atoms with Crippen molar-refractivity contribution in [3.05, 3.63) is 28.3 Å². The summed E-state index contributed by atoms with van der Waals surface area (Å²) in [5.74, 6) is 0. The van der Waals surface area contributed by atoms with E-state index in [1.807, 2.05) is 6.92 Å². The van der Waals surface area contributed by atoms with Crippen molar-refractivity contribution < 1.29 is 14.4 Å². The molecule has 0 aliphatic carbocycles. The minimum absolute atomic E-state index is 0.0310. The summed E-state index contributed by atoms with van der Waals surface area (Å²) < 4.78 is 5.38. The van der Waals surface area contributed by atoms with Gasteiger partial charge in [-0.3, -0.25) is 10.1 Å². The highest BCUT2D eigenvalue weighted by Gasteiger charge is 2.13. The summed E-state index contributed by atoms with van der Waals surface area (Å²) in [7, 11) is 0. The molecule has 0 aliphatic rings. The van der Waals surface area contributed by atoms with E-state index in [0.717, 1.165) is 6.42 Å². The zero-order chi connectivity index (χ0) is 13.1. The molecule has 0 aliphatic heterocycles. The topological polar surface area (TPSA) is 101 Å². The second-order valence-corrected chi connectivity index (χ2v) is 3.86. The quantitative estimate of drug-likeness (QED) is 0.621. The van der Waals surface area contributed by atoms with E-state index >= 15 is 0 Å². The lowest BCUT2D eigenvalue weighted by Gasteiger charge is -2.10. The van der Waals surface area contributed by atoms with Crippen LogP contribution in [0.1, 0.15) is 13.3 Å². The number of hydrogen-bond acceptors (Lipinski definition) is 6. The summed E-state index contributed by atoms with van der Waals surface area (Å²) in [5, 5.41) is 22.6. The maximum Gasteiger partial charge on any atom is 0.295 e. The molecule has 96 valence electrons. The second kappa shape index (κ2) is 5.01. The summed E-state index contributed by atoms with van der Waals surface area (Å²) in [4.78, 5) is 14.2. The molecule has 0 amide bonds. The molecule has 18 heavy (non-hydrogen) atoms. The maximum absolute atomic E-state index is 10.6. The lowest BCUT2D eigenvalue weighted by molar-refractivity contribution is -0.384. The van der Waals surface area contributed by atoms with Gasteiger partial charge in [0.1, 0.15) is 5.52 Å². The average Bonchev–Trinajstić information content (AvgIpc) is 2.76. The number of rotatable bonds is 5. The van der Waals surface area contributed by atoms with Crippen LogP contribution >= 0.6 is 0 Å². The van der Waals surface area contributed by atoms with Gasteiger partial charge in [0.05, 0.1) is 17.6 Å². The van der Waals surface area contributed by atoms with Crippen molar-refractivity contribution in [2.24, 2.45) is 0 Å². The van der Waals surface area contributed by atoms with Crippen LogP contribution in [0.2, 0.25) is 0 Å². The summed E-state index contributed by atoms with van der Waals surface area (Å²) >= 11 is 0. The van der Waals surface area contributed by atoms with Crippen LogP contribution in [0.4, 0.5) is 11.7 Å². The highest BCUT2D eigenvalue weighted by atomic mass is 16.6. The van der Waals surface area contributed by atoms with Crippen molar-refractivity contribution in [1.82, 2.24) is 4.98 Å². The maximum atomic E-state index is 10.6. The van der Waals surface area contributed by atoms with Gasteiger partial charge in [-0.2, -0.15) is 4.98 Å². The number of non-ortho nitro benzene ring substituents is 1. The largest absolute Gasteiger partial charge is 0.424 e. The monoisotopic (exact) mass is 251 g/mol. The Morgan fingerprint density at radius 2 is 2.39 bits per heavy atom. The van der Waals surface area contributed by atoms with Crippen molar-refractivity contribution in [2.75, 3.05) is 11.9 Å². The van der Waals surface area contributed by atoms with Crippen LogP contribution in [0.5, 0.6) is 0 Å². The van der Waals surface area contributed by atoms with Gasteiger partial charge < -0.3 is 14.8 Å². The average molecular weight is 251 g/mol. The number of nitrogens with one attached hydrogen (secondary N) is 1. The summed E-state index contributed by atoms with van der Waals surface area (Å²) in [6.07, 6.45) is 0.718. The predicted molar refractivity (Wildman–Crippen MR) is 65.5 cm³/mol. The Bertz CT molecular complexity index is 562. The highest BCUT2D eigenvalue weighted by Crippen LogP contribution is 2.23. The van der Waals surface area contributed by atoms with Crippen molar-refractivity contribution in [3.8, 4) is 0 Å². The van der Waals surface area contributed by atoms with E-state index in [4.69, 9.17) is 9.52 Å². The van der Waals surface area contributed by atoms with Crippen molar-refractivity contribution in [1.29, 1.82) is 0 Å². The number of anilines is 1. The fraction of sp³-hybridized carbons (Fsp3) is 0.364. The molecule has 0 saturated heterocycles. The molecule has 2 rings (SSSR count). The van der Waals surface area contributed by atoms with Gasteiger partial charge >= 0.3 is 0 Å². The number of fused-ring (bicyclic) bond motifs is 1. The molecule has 2 N–H and O–H groups in total. The van der Waals surface area contributed by atoms with Crippen LogP contribution in [0.25, 0.3) is 11.1 Å². The minimum atomic E-state index is -0.482. The zero-order valence-electron chi connectivity index (χ0n) is 9.79. The van der Waals surface area contributed by atoms with E-state index in [2.05, 4.69) is 10.3 Å². The van der Waals surface area contributed by atoms with Crippen LogP contribution in [-0.4, -0.2) is 27.7 Å². The molecule has 0 spiro atoms. The van der Waals surface area contributed by atoms with Gasteiger partial charge in [-0.25, -0.2) is 0 Å². The normalized spacial score (nSPS) is 12.6. The Balaban J connectivity index is 2.29. The number of benzene rings is 1. The Hall–Kier alpha value is -2.15. The number of hydrogen-bond donors (Lipinski definition) is 2. The van der Waals surface area contributed by atoms with Gasteiger partial charge in [0, 0.05) is 12.1 Å². The van der Waals surface area contributed by atoms with Gasteiger partial charge in [-0.1, -0.05) is 6.92 Å². The number of aliphatic hydroxyl groups is 1. The third-order valence-electron chi connectivity index (χ3n) is 2.62. The number of oxazole rings is 1. The van der Waals surface area contributed by atoms with Gasteiger partial charge in [-0.15, -0.1) is 0 Å². The number of aliphatic hydroxyl groups excluding tert-OH is 1. The molecule has 0 radical (unpaired) electrons. The first-order chi connectivity index (χ1) is 8.63.